The molecule has 1 aromatic heterocycles. The van der Waals surface area contributed by atoms with Gasteiger partial charge < -0.3 is 0 Å². The van der Waals surface area contributed by atoms with Crippen molar-refractivity contribution in [2.45, 2.75) is 0 Å². The first-order valence-electron chi connectivity index (χ1n) is 2.17. The molecule has 0 N–H and O–H groups in total. The van der Waals surface area contributed by atoms with Gasteiger partial charge in [0, 0.05) is 35.8 Å². The van der Waals surface area contributed by atoms with Crippen LogP contribution >= 0.6 is 34.8 Å². The molecule has 1 aromatic rings. The molecule has 0 aliphatic heterocycles. The summed E-state index contributed by atoms with van der Waals surface area (Å²) in [6.07, 6.45) is 1.50. The van der Waals surface area contributed by atoms with Crippen molar-refractivity contribution in [2.75, 3.05) is 0 Å². The fourth-order valence-corrected chi connectivity index (χ4v) is 0.861. The molecule has 10 heavy (non-hydrogen) atoms. The van der Waals surface area contributed by atoms with E-state index in [1.807, 2.05) is 0 Å². The fraction of sp³-hybridized carbons (Fsp3) is 0. The molecule has 0 saturated carbocycles. The van der Waals surface area contributed by atoms with Crippen LogP contribution in [0.15, 0.2) is 12.3 Å². The minimum Gasteiger partial charge on any atom is -0.243 e. The summed E-state index contributed by atoms with van der Waals surface area (Å²) in [5.74, 6) is 0. The maximum atomic E-state index is 5.56. The quantitative estimate of drug-likeness (QED) is 0.469. The Morgan fingerprint density at radius 2 is 1.80 bits per heavy atom. The van der Waals surface area contributed by atoms with Crippen molar-refractivity contribution < 1.29 is 0 Å². The van der Waals surface area contributed by atoms with Crippen molar-refractivity contribution in [1.29, 1.82) is 0 Å². The van der Waals surface area contributed by atoms with Gasteiger partial charge in [-0.1, -0.05) is 34.8 Å². The van der Waals surface area contributed by atoms with E-state index in [0.717, 1.165) is 0 Å². The van der Waals surface area contributed by atoms with E-state index in [9.17, 15) is 0 Å². The van der Waals surface area contributed by atoms with E-state index in [-0.39, 0.29) is 34.7 Å². The van der Waals surface area contributed by atoms with Crippen LogP contribution in [0.4, 0.5) is 0 Å². The van der Waals surface area contributed by atoms with Gasteiger partial charge in [-0.15, -0.1) is 0 Å². The maximum Gasteiger partial charge on any atom is 0.149 e. The number of nitrogens with zero attached hydrogens (tertiary/aromatic N) is 1. The van der Waals surface area contributed by atoms with Gasteiger partial charge in [0.15, 0.2) is 0 Å². The van der Waals surface area contributed by atoms with Crippen LogP contribution in [0.3, 0.4) is 0 Å². The van der Waals surface area contributed by atoms with E-state index in [2.05, 4.69) is 4.98 Å². The minimum absolute atomic E-state index is 0. The zero-order valence-corrected chi connectivity index (χ0v) is 9.50. The van der Waals surface area contributed by atoms with E-state index >= 15 is 0 Å². The predicted molar refractivity (Wildman–Crippen MR) is 45.0 cm³/mol. The Kier molecular flexibility index (Phi) is 5.30. The molecule has 0 atom stereocenters. The van der Waals surface area contributed by atoms with Gasteiger partial charge in [0.2, 0.25) is 0 Å². The van der Waals surface area contributed by atoms with Gasteiger partial charge in [-0.05, 0) is 6.07 Å². The molecule has 0 aliphatic carbocycles. The molecule has 0 aliphatic rings. The van der Waals surface area contributed by atoms with Crippen LogP contribution in [-0.4, -0.2) is 34.5 Å². The Balaban J connectivity index is 0.000000810. The second-order valence-electron chi connectivity index (χ2n) is 1.40. The summed E-state index contributed by atoms with van der Waals surface area (Å²) >= 11 is 16.6. The molecule has 49 valence electrons. The van der Waals surface area contributed by atoms with Crippen molar-refractivity contribution in [3.63, 3.8) is 0 Å². The third-order valence-electron chi connectivity index (χ3n) is 0.800. The van der Waals surface area contributed by atoms with Crippen LogP contribution < -0.4 is 0 Å². The first kappa shape index (κ1) is 11.0. The largest absolute Gasteiger partial charge is 0.243 e. The van der Waals surface area contributed by atoms with E-state index in [1.165, 1.54) is 6.20 Å². The second kappa shape index (κ2) is 4.81. The van der Waals surface area contributed by atoms with Gasteiger partial charge in [0.1, 0.15) is 5.15 Å². The Bertz CT molecular complexity index is 208. The normalized spacial score (nSPS) is 8.70. The number of hydrogen-bond donors (Lipinski definition) is 0. The Labute approximate surface area is 96.0 Å². The van der Waals surface area contributed by atoms with Gasteiger partial charge in [-0.2, -0.15) is 0 Å². The maximum absolute atomic E-state index is 5.56. The van der Waals surface area contributed by atoms with Gasteiger partial charge in [0.25, 0.3) is 0 Å². The molecule has 0 aromatic carbocycles. The van der Waals surface area contributed by atoms with Crippen molar-refractivity contribution in [1.82, 2.24) is 4.98 Å². The van der Waals surface area contributed by atoms with Crippen molar-refractivity contribution in [3.8, 4) is 0 Å². The van der Waals surface area contributed by atoms with Gasteiger partial charge in [-0.25, -0.2) is 4.98 Å². The predicted octanol–water partition coefficient (Wildman–Crippen LogP) is 2.66. The molecule has 0 saturated heterocycles. The number of aromatic nitrogens is 1. The van der Waals surface area contributed by atoms with Crippen LogP contribution in [0.2, 0.25) is 15.2 Å². The molecular formula is C5H2Cl3NNa. The second-order valence-corrected chi connectivity index (χ2v) is 2.54. The van der Waals surface area contributed by atoms with Gasteiger partial charge in [-0.3, -0.25) is 0 Å². The molecule has 0 bridgehead atoms. The van der Waals surface area contributed by atoms with Gasteiger partial charge >= 0.3 is 0 Å². The molecule has 0 amide bonds. The first-order chi connectivity index (χ1) is 4.22. The molecule has 0 fully saturated rings. The molecule has 0 unspecified atom stereocenters. The van der Waals surface area contributed by atoms with E-state index in [1.54, 1.807) is 6.07 Å². The van der Waals surface area contributed by atoms with Crippen LogP contribution in [-0.2, 0) is 0 Å². The molecule has 1 rings (SSSR count). The SMILES string of the molecule is Clc1ccnc(Cl)c1Cl.[Na]. The topological polar surface area (TPSA) is 12.9 Å². The summed E-state index contributed by atoms with van der Waals surface area (Å²) in [4.78, 5) is 3.69. The smallest absolute Gasteiger partial charge is 0.149 e. The summed E-state index contributed by atoms with van der Waals surface area (Å²) in [6, 6.07) is 1.58. The summed E-state index contributed by atoms with van der Waals surface area (Å²) < 4.78 is 0. The third kappa shape index (κ3) is 2.57. The van der Waals surface area contributed by atoms with Crippen molar-refractivity contribution in [2.24, 2.45) is 0 Å². The molecule has 1 nitrogen and oxygen atoms in total. The molecule has 5 heteroatoms. The number of rotatable bonds is 0. The minimum atomic E-state index is 0. The molecule has 1 heterocycles. The standard InChI is InChI=1S/C5H2Cl3N.Na/c6-3-1-2-9-5(8)4(3)7;/h1-2H;. The first-order valence-corrected chi connectivity index (χ1v) is 3.30. The molecule has 1 radical (unpaired) electrons. The summed E-state index contributed by atoms with van der Waals surface area (Å²) in [7, 11) is 0. The Hall–Kier alpha value is 1.02. The average molecular weight is 205 g/mol. The molecular weight excluding hydrogens is 203 g/mol. The summed E-state index contributed by atoms with van der Waals surface area (Å²) in [6.45, 7) is 0. The fourth-order valence-electron chi connectivity index (χ4n) is 0.397. The van der Waals surface area contributed by atoms with Crippen LogP contribution in [0.1, 0.15) is 0 Å². The average Bonchev–Trinajstić information content (AvgIpc) is 1.83. The van der Waals surface area contributed by atoms with Crippen LogP contribution in [0.5, 0.6) is 0 Å². The van der Waals surface area contributed by atoms with Gasteiger partial charge in [0.05, 0.1) is 10.0 Å². The zero-order valence-electron chi connectivity index (χ0n) is 5.24. The zero-order chi connectivity index (χ0) is 6.85. The number of pyridine rings is 1. The van der Waals surface area contributed by atoms with Crippen LogP contribution in [0, 0.1) is 0 Å². The summed E-state index contributed by atoms with van der Waals surface area (Å²) in [5.41, 5.74) is 0. The van der Waals surface area contributed by atoms with E-state index < -0.39 is 0 Å². The number of halogens is 3. The third-order valence-corrected chi connectivity index (χ3v) is 1.98. The Morgan fingerprint density at radius 3 is 2.20 bits per heavy atom. The Morgan fingerprint density at radius 1 is 1.20 bits per heavy atom. The molecule has 0 spiro atoms. The van der Waals surface area contributed by atoms with Crippen LogP contribution in [0.25, 0.3) is 0 Å². The van der Waals surface area contributed by atoms with Crippen molar-refractivity contribution in [3.05, 3.63) is 27.5 Å². The number of hydrogen-bond acceptors (Lipinski definition) is 1. The summed E-state index contributed by atoms with van der Waals surface area (Å²) in [5, 5.41) is 0.974. The van der Waals surface area contributed by atoms with Crippen molar-refractivity contribution >= 4 is 64.4 Å². The van der Waals surface area contributed by atoms with E-state index in [4.69, 9.17) is 34.8 Å². The van der Waals surface area contributed by atoms with E-state index in [0.29, 0.717) is 10.0 Å². The monoisotopic (exact) mass is 204 g/mol.